The van der Waals surface area contributed by atoms with Crippen molar-refractivity contribution >= 4 is 39.2 Å². The molecule has 0 saturated heterocycles. The normalized spacial score (nSPS) is 11.1. The van der Waals surface area contributed by atoms with Gasteiger partial charge in [0.15, 0.2) is 5.16 Å². The summed E-state index contributed by atoms with van der Waals surface area (Å²) in [6.45, 7) is 4.12. The highest BCUT2D eigenvalue weighted by Gasteiger charge is 2.13. The number of aromatic nitrogens is 2. The average molecular weight is 359 g/mol. The predicted octanol–water partition coefficient (Wildman–Crippen LogP) is 3.24. The molecule has 3 rings (SSSR count). The van der Waals surface area contributed by atoms with Crippen LogP contribution in [0.15, 0.2) is 33.5 Å². The van der Waals surface area contributed by atoms with Gasteiger partial charge in [0.05, 0.1) is 5.39 Å². The van der Waals surface area contributed by atoms with Crippen LogP contribution in [0, 0.1) is 13.8 Å². The molecule has 5 nitrogen and oxygen atoms in total. The number of thioether (sulfide) groups is 1. The van der Waals surface area contributed by atoms with Crippen molar-refractivity contribution in [2.45, 2.75) is 25.4 Å². The van der Waals surface area contributed by atoms with Gasteiger partial charge in [0.25, 0.3) is 5.56 Å². The number of aryl methyl sites for hydroxylation is 2. The molecule has 0 bridgehead atoms. The summed E-state index contributed by atoms with van der Waals surface area (Å²) in [6, 6.07) is 6.18. The summed E-state index contributed by atoms with van der Waals surface area (Å²) in [5.41, 5.74) is 9.30. The maximum atomic E-state index is 12.5. The number of carbonyl (C=O) groups excluding carboxylic acids is 1. The molecule has 0 saturated carbocycles. The Balaban J connectivity index is 1.99. The van der Waals surface area contributed by atoms with Crippen LogP contribution in [0.25, 0.3) is 21.3 Å². The number of hydrogen-bond donors (Lipinski definition) is 2. The molecule has 3 aromatic rings. The van der Waals surface area contributed by atoms with E-state index in [-0.39, 0.29) is 17.9 Å². The molecule has 1 amide bonds. The fourth-order valence-electron chi connectivity index (χ4n) is 2.37. The van der Waals surface area contributed by atoms with Gasteiger partial charge in [-0.2, -0.15) is 0 Å². The number of carbonyl (C=O) groups is 1. The summed E-state index contributed by atoms with van der Waals surface area (Å²) in [5, 5.41) is 3.10. The highest BCUT2D eigenvalue weighted by Crippen LogP contribution is 2.32. The summed E-state index contributed by atoms with van der Waals surface area (Å²) < 4.78 is 0. The Morgan fingerprint density at radius 2 is 2.12 bits per heavy atom. The van der Waals surface area contributed by atoms with Gasteiger partial charge in [-0.1, -0.05) is 30.0 Å². The lowest BCUT2D eigenvalue weighted by atomic mass is 10.0. The van der Waals surface area contributed by atoms with Gasteiger partial charge in [0, 0.05) is 23.1 Å². The summed E-state index contributed by atoms with van der Waals surface area (Å²) in [5.74, 6) is 0.137. The number of H-pyrrole nitrogens is 1. The summed E-state index contributed by atoms with van der Waals surface area (Å²) >= 11 is 2.78. The molecule has 2 aromatic heterocycles. The number of fused-ring (bicyclic) bond motifs is 1. The van der Waals surface area contributed by atoms with Crippen molar-refractivity contribution in [3.63, 3.8) is 0 Å². The van der Waals surface area contributed by atoms with Crippen molar-refractivity contribution in [3.8, 4) is 11.1 Å². The van der Waals surface area contributed by atoms with E-state index in [4.69, 9.17) is 5.73 Å². The van der Waals surface area contributed by atoms with Gasteiger partial charge in [-0.05, 0) is 30.5 Å². The molecule has 0 atom stereocenters. The average Bonchev–Trinajstić information content (AvgIpc) is 2.94. The van der Waals surface area contributed by atoms with Crippen LogP contribution in [0.5, 0.6) is 0 Å². The molecule has 124 valence electrons. The van der Waals surface area contributed by atoms with Gasteiger partial charge in [-0.25, -0.2) is 4.98 Å². The Morgan fingerprint density at radius 3 is 2.83 bits per heavy atom. The number of benzene rings is 1. The van der Waals surface area contributed by atoms with Crippen molar-refractivity contribution in [1.29, 1.82) is 0 Å². The number of amides is 1. The topological polar surface area (TPSA) is 88.8 Å². The van der Waals surface area contributed by atoms with Crippen LogP contribution < -0.4 is 11.3 Å². The number of nitrogens with one attached hydrogen (secondary N) is 1. The summed E-state index contributed by atoms with van der Waals surface area (Å²) in [6.07, 6.45) is 0.255. The molecule has 3 N–H and O–H groups in total. The number of primary amides is 1. The zero-order chi connectivity index (χ0) is 17.3. The first-order chi connectivity index (χ1) is 11.5. The zero-order valence-electron chi connectivity index (χ0n) is 13.4. The molecule has 0 spiro atoms. The first-order valence-corrected chi connectivity index (χ1v) is 9.32. The quantitative estimate of drug-likeness (QED) is 0.541. The molecule has 0 radical (unpaired) electrons. The van der Waals surface area contributed by atoms with Gasteiger partial charge in [0.2, 0.25) is 5.91 Å². The molecular weight excluding hydrogens is 342 g/mol. The molecule has 7 heteroatoms. The highest BCUT2D eigenvalue weighted by molar-refractivity contribution is 7.99. The summed E-state index contributed by atoms with van der Waals surface area (Å²) in [4.78, 5) is 31.3. The smallest absolute Gasteiger partial charge is 0.260 e. The largest absolute Gasteiger partial charge is 0.370 e. The van der Waals surface area contributed by atoms with E-state index in [9.17, 15) is 9.59 Å². The van der Waals surface area contributed by atoms with Crippen molar-refractivity contribution in [2.24, 2.45) is 5.73 Å². The zero-order valence-corrected chi connectivity index (χ0v) is 15.0. The number of aromatic amines is 1. The number of rotatable bonds is 5. The number of hydrogen-bond acceptors (Lipinski definition) is 5. The van der Waals surface area contributed by atoms with E-state index in [1.54, 1.807) is 0 Å². The van der Waals surface area contributed by atoms with E-state index in [1.807, 2.05) is 11.4 Å². The lowest BCUT2D eigenvalue weighted by Crippen LogP contribution is -2.12. The molecule has 24 heavy (non-hydrogen) atoms. The molecule has 2 heterocycles. The SMILES string of the molecule is Cc1ccc(-c2csc3nc(SCCC(N)=O)[nH]c(=O)c23)cc1C. The van der Waals surface area contributed by atoms with Crippen LogP contribution >= 0.6 is 23.1 Å². The molecule has 0 aliphatic rings. The van der Waals surface area contributed by atoms with Crippen molar-refractivity contribution in [3.05, 3.63) is 45.1 Å². The minimum atomic E-state index is -0.362. The predicted molar refractivity (Wildman–Crippen MR) is 99.7 cm³/mol. The first-order valence-electron chi connectivity index (χ1n) is 7.46. The Hall–Kier alpha value is -2.12. The maximum absolute atomic E-state index is 12.5. The fraction of sp³-hybridized carbons (Fsp3) is 0.235. The Labute approximate surface area is 147 Å². The third-order valence-corrected chi connectivity index (χ3v) is 5.57. The van der Waals surface area contributed by atoms with Crippen molar-refractivity contribution in [1.82, 2.24) is 9.97 Å². The van der Waals surface area contributed by atoms with Gasteiger partial charge >= 0.3 is 0 Å². The molecule has 0 aliphatic heterocycles. The minimum absolute atomic E-state index is 0.156. The van der Waals surface area contributed by atoms with Crippen LogP contribution in [-0.2, 0) is 4.79 Å². The van der Waals surface area contributed by atoms with E-state index in [0.29, 0.717) is 21.1 Å². The number of nitrogens with zero attached hydrogens (tertiary/aromatic N) is 1. The van der Waals surface area contributed by atoms with E-state index in [2.05, 4.69) is 35.9 Å². The molecular formula is C17H17N3O2S2. The van der Waals surface area contributed by atoms with Crippen molar-refractivity contribution < 1.29 is 4.79 Å². The lowest BCUT2D eigenvalue weighted by Gasteiger charge is -2.04. The van der Waals surface area contributed by atoms with Crippen LogP contribution in [0.3, 0.4) is 0 Å². The van der Waals surface area contributed by atoms with Gasteiger partial charge in [-0.15, -0.1) is 11.3 Å². The maximum Gasteiger partial charge on any atom is 0.260 e. The monoisotopic (exact) mass is 359 g/mol. The van der Waals surface area contributed by atoms with Gasteiger partial charge < -0.3 is 10.7 Å². The highest BCUT2D eigenvalue weighted by atomic mass is 32.2. The summed E-state index contributed by atoms with van der Waals surface area (Å²) in [7, 11) is 0. The second-order valence-corrected chi connectivity index (χ2v) is 7.51. The van der Waals surface area contributed by atoms with Crippen LogP contribution in [0.1, 0.15) is 17.5 Å². The van der Waals surface area contributed by atoms with Crippen molar-refractivity contribution in [2.75, 3.05) is 5.75 Å². The third kappa shape index (κ3) is 3.37. The minimum Gasteiger partial charge on any atom is -0.370 e. The lowest BCUT2D eigenvalue weighted by molar-refractivity contribution is -0.117. The van der Waals surface area contributed by atoms with Gasteiger partial charge in [-0.3, -0.25) is 9.59 Å². The Kier molecular flexibility index (Phi) is 4.73. The number of nitrogens with two attached hydrogens (primary N) is 1. The molecule has 0 unspecified atom stereocenters. The second-order valence-electron chi connectivity index (χ2n) is 5.56. The molecule has 0 fully saturated rings. The molecule has 1 aromatic carbocycles. The van der Waals surface area contributed by atoms with E-state index in [0.717, 1.165) is 11.1 Å². The van der Waals surface area contributed by atoms with Crippen LogP contribution in [-0.4, -0.2) is 21.6 Å². The van der Waals surface area contributed by atoms with E-state index >= 15 is 0 Å². The third-order valence-electron chi connectivity index (χ3n) is 3.83. The second kappa shape index (κ2) is 6.78. The Morgan fingerprint density at radius 1 is 1.33 bits per heavy atom. The van der Waals surface area contributed by atoms with Crippen LogP contribution in [0.4, 0.5) is 0 Å². The standard InChI is InChI=1S/C17H17N3O2S2/c1-9-3-4-11(7-10(9)2)12-8-24-16-14(12)15(22)19-17(20-16)23-6-5-13(18)21/h3-4,7-8H,5-6H2,1-2H3,(H2,18,21)(H,19,20,22). The van der Waals surface area contributed by atoms with E-state index < -0.39 is 0 Å². The Bertz CT molecular complexity index is 976. The molecule has 0 aliphatic carbocycles. The fourth-order valence-corrected chi connectivity index (χ4v) is 4.19. The first kappa shape index (κ1) is 16.7. The van der Waals surface area contributed by atoms with Gasteiger partial charge in [0.1, 0.15) is 4.83 Å². The number of thiophene rings is 1. The van der Waals surface area contributed by atoms with E-state index in [1.165, 1.54) is 34.2 Å². The van der Waals surface area contributed by atoms with Crippen LogP contribution in [0.2, 0.25) is 0 Å².